The molecule has 56 valence electrons. The van der Waals surface area contributed by atoms with Gasteiger partial charge < -0.3 is 0 Å². The Kier molecular flexibility index (Phi) is 2.73. The number of halogens is 2. The van der Waals surface area contributed by atoms with Crippen LogP contribution in [0, 0.1) is 20.7 Å². The molecule has 1 aromatic rings. The highest BCUT2D eigenvalue weighted by Crippen LogP contribution is 2.19. The van der Waals surface area contributed by atoms with Crippen LogP contribution in [-0.2, 0) is 0 Å². The molecule has 1 rings (SSSR count). The van der Waals surface area contributed by atoms with Crippen molar-refractivity contribution in [2.75, 3.05) is 0 Å². The summed E-state index contributed by atoms with van der Waals surface area (Å²) in [6.07, 6.45) is 0. The van der Waals surface area contributed by atoms with E-state index >= 15 is 0 Å². The lowest BCUT2D eigenvalue weighted by Crippen LogP contribution is -1.87. The molecule has 0 aliphatic carbocycles. The maximum Gasteiger partial charge on any atom is 0.138 e. The van der Waals surface area contributed by atoms with E-state index in [0.717, 1.165) is 0 Å². The molecule has 0 bridgehead atoms. The van der Waals surface area contributed by atoms with E-state index in [1.54, 1.807) is 22.6 Å². The second kappa shape index (κ2) is 3.41. The van der Waals surface area contributed by atoms with E-state index in [-0.39, 0.29) is 0 Å². The number of hydrogen-bond acceptors (Lipinski definition) is 2. The predicted octanol–water partition coefficient (Wildman–Crippen LogP) is 2.59. The Morgan fingerprint density at radius 2 is 2.18 bits per heavy atom. The highest BCUT2D eigenvalue weighted by molar-refractivity contribution is 14.1. The van der Waals surface area contributed by atoms with E-state index in [1.165, 1.54) is 12.1 Å². The van der Waals surface area contributed by atoms with Gasteiger partial charge in [-0.15, -0.1) is 12.6 Å². The van der Waals surface area contributed by atoms with Crippen LogP contribution >= 0.6 is 35.2 Å². The Bertz CT molecular complexity index is 332. The molecule has 0 unspecified atom stereocenters. The zero-order chi connectivity index (χ0) is 8.43. The van der Waals surface area contributed by atoms with Gasteiger partial charge in [0.1, 0.15) is 11.9 Å². The molecule has 0 aromatic heterocycles. The minimum atomic E-state index is -0.394. The van der Waals surface area contributed by atoms with Gasteiger partial charge in [-0.05, 0) is 34.7 Å². The summed E-state index contributed by atoms with van der Waals surface area (Å²) < 4.78 is 13.2. The van der Waals surface area contributed by atoms with Gasteiger partial charge in [-0.2, -0.15) is 5.26 Å². The van der Waals surface area contributed by atoms with E-state index in [9.17, 15) is 4.39 Å². The van der Waals surface area contributed by atoms with Gasteiger partial charge in [0.15, 0.2) is 0 Å². The normalized spacial score (nSPS) is 9.27. The molecule has 0 spiro atoms. The maximum atomic E-state index is 12.8. The molecule has 0 saturated heterocycles. The Morgan fingerprint density at radius 1 is 1.55 bits per heavy atom. The van der Waals surface area contributed by atoms with E-state index in [2.05, 4.69) is 12.6 Å². The standard InChI is InChI=1S/C7H3FINS/c8-6-2-5(11)1-4(3-10)7(6)9/h1-2,11H. The average molecular weight is 279 g/mol. The highest BCUT2D eigenvalue weighted by atomic mass is 127. The van der Waals surface area contributed by atoms with Crippen LogP contribution in [-0.4, -0.2) is 0 Å². The second-order valence-electron chi connectivity index (χ2n) is 1.90. The molecule has 0 aliphatic heterocycles. The minimum absolute atomic E-state index is 0.329. The minimum Gasteiger partial charge on any atom is -0.206 e. The number of nitriles is 1. The van der Waals surface area contributed by atoms with Crippen molar-refractivity contribution < 1.29 is 4.39 Å². The fourth-order valence-electron chi connectivity index (χ4n) is 0.656. The van der Waals surface area contributed by atoms with Gasteiger partial charge in [-0.3, -0.25) is 0 Å². The molecular formula is C7H3FINS. The van der Waals surface area contributed by atoms with Crippen molar-refractivity contribution in [2.45, 2.75) is 4.90 Å². The van der Waals surface area contributed by atoms with Gasteiger partial charge in [0.05, 0.1) is 9.13 Å². The number of rotatable bonds is 0. The summed E-state index contributed by atoms with van der Waals surface area (Å²) in [6.45, 7) is 0. The zero-order valence-electron chi connectivity index (χ0n) is 5.31. The van der Waals surface area contributed by atoms with E-state index in [0.29, 0.717) is 14.0 Å². The molecule has 0 saturated carbocycles. The van der Waals surface area contributed by atoms with E-state index < -0.39 is 5.82 Å². The van der Waals surface area contributed by atoms with Crippen molar-refractivity contribution in [1.29, 1.82) is 5.26 Å². The van der Waals surface area contributed by atoms with Crippen molar-refractivity contribution >= 4 is 35.2 Å². The number of thiol groups is 1. The molecule has 0 amide bonds. The monoisotopic (exact) mass is 279 g/mol. The first-order chi connectivity index (χ1) is 5.15. The molecular weight excluding hydrogens is 276 g/mol. The lowest BCUT2D eigenvalue weighted by molar-refractivity contribution is 0.616. The third kappa shape index (κ3) is 1.84. The first kappa shape index (κ1) is 8.81. The molecule has 0 N–H and O–H groups in total. The van der Waals surface area contributed by atoms with E-state index in [4.69, 9.17) is 5.26 Å². The van der Waals surface area contributed by atoms with Crippen molar-refractivity contribution in [3.63, 3.8) is 0 Å². The Balaban J connectivity index is 3.39. The van der Waals surface area contributed by atoms with Crippen molar-refractivity contribution in [3.8, 4) is 6.07 Å². The molecule has 1 aromatic carbocycles. The first-order valence-electron chi connectivity index (χ1n) is 2.73. The quantitative estimate of drug-likeness (QED) is 0.572. The van der Waals surface area contributed by atoms with Crippen LogP contribution in [0.25, 0.3) is 0 Å². The molecule has 11 heavy (non-hydrogen) atoms. The smallest absolute Gasteiger partial charge is 0.138 e. The number of hydrogen-bond donors (Lipinski definition) is 1. The lowest BCUT2D eigenvalue weighted by atomic mass is 10.2. The summed E-state index contributed by atoms with van der Waals surface area (Å²) in [6, 6.07) is 4.70. The fourth-order valence-corrected chi connectivity index (χ4v) is 1.33. The first-order valence-corrected chi connectivity index (χ1v) is 4.26. The fraction of sp³-hybridized carbons (Fsp3) is 0. The van der Waals surface area contributed by atoms with Gasteiger partial charge in [0, 0.05) is 4.90 Å². The van der Waals surface area contributed by atoms with Crippen molar-refractivity contribution in [2.24, 2.45) is 0 Å². The third-order valence-electron chi connectivity index (χ3n) is 1.13. The molecule has 0 aliphatic rings. The van der Waals surface area contributed by atoms with Gasteiger partial charge in [-0.25, -0.2) is 4.39 Å². The molecule has 0 atom stereocenters. The number of benzene rings is 1. The van der Waals surface area contributed by atoms with Crippen LogP contribution in [0.4, 0.5) is 4.39 Å². The van der Waals surface area contributed by atoms with Crippen LogP contribution in [0.15, 0.2) is 17.0 Å². The third-order valence-corrected chi connectivity index (χ3v) is 2.49. The summed E-state index contributed by atoms with van der Waals surface area (Å²) >= 11 is 5.72. The second-order valence-corrected chi connectivity index (χ2v) is 3.50. The molecule has 0 heterocycles. The summed E-state index contributed by atoms with van der Waals surface area (Å²) in [5.41, 5.74) is 0.329. The Hall–Kier alpha value is -0.280. The summed E-state index contributed by atoms with van der Waals surface area (Å²) in [5.74, 6) is -0.394. The van der Waals surface area contributed by atoms with Crippen LogP contribution in [0.5, 0.6) is 0 Å². The Labute approximate surface area is 82.8 Å². The highest BCUT2D eigenvalue weighted by Gasteiger charge is 2.05. The zero-order valence-corrected chi connectivity index (χ0v) is 8.36. The molecule has 4 heteroatoms. The maximum absolute atomic E-state index is 12.8. The van der Waals surface area contributed by atoms with Gasteiger partial charge in [0.25, 0.3) is 0 Å². The number of nitrogens with zero attached hydrogens (tertiary/aromatic N) is 1. The molecule has 0 radical (unpaired) electrons. The van der Waals surface area contributed by atoms with Crippen LogP contribution in [0.3, 0.4) is 0 Å². The van der Waals surface area contributed by atoms with Gasteiger partial charge in [0.2, 0.25) is 0 Å². The van der Waals surface area contributed by atoms with Gasteiger partial charge in [-0.1, -0.05) is 0 Å². The van der Waals surface area contributed by atoms with Crippen molar-refractivity contribution in [3.05, 3.63) is 27.1 Å². The molecule has 0 fully saturated rings. The SMILES string of the molecule is N#Cc1cc(S)cc(F)c1I. The Morgan fingerprint density at radius 3 is 2.73 bits per heavy atom. The largest absolute Gasteiger partial charge is 0.206 e. The molecule has 1 nitrogen and oxygen atoms in total. The summed E-state index contributed by atoms with van der Waals surface area (Å²) in [5, 5.41) is 8.51. The van der Waals surface area contributed by atoms with Crippen LogP contribution in [0.1, 0.15) is 5.56 Å². The summed E-state index contributed by atoms with van der Waals surface area (Å²) in [4.78, 5) is 0.472. The predicted molar refractivity (Wildman–Crippen MR) is 51.1 cm³/mol. The van der Waals surface area contributed by atoms with Crippen molar-refractivity contribution in [1.82, 2.24) is 0 Å². The van der Waals surface area contributed by atoms with Gasteiger partial charge >= 0.3 is 0 Å². The van der Waals surface area contributed by atoms with E-state index in [1.807, 2.05) is 6.07 Å². The average Bonchev–Trinajstić information content (AvgIpc) is 1.96. The van der Waals surface area contributed by atoms with Crippen LogP contribution < -0.4 is 0 Å². The summed E-state index contributed by atoms with van der Waals surface area (Å²) in [7, 11) is 0. The topological polar surface area (TPSA) is 23.8 Å². The lowest BCUT2D eigenvalue weighted by Gasteiger charge is -1.97. The van der Waals surface area contributed by atoms with Crippen LogP contribution in [0.2, 0.25) is 0 Å².